The van der Waals surface area contributed by atoms with Gasteiger partial charge in [-0.05, 0) is 19.1 Å². The number of amides is 1. The first kappa shape index (κ1) is 14.1. The van der Waals surface area contributed by atoms with Gasteiger partial charge < -0.3 is 10.1 Å². The van der Waals surface area contributed by atoms with E-state index in [0.29, 0.717) is 18.0 Å². The maximum absolute atomic E-state index is 12.0. The Balaban J connectivity index is 2.01. The molecule has 20 heavy (non-hydrogen) atoms. The normalized spacial score (nSPS) is 12.1. The van der Waals surface area contributed by atoms with E-state index >= 15 is 0 Å². The number of carbonyl (C=O) groups is 1. The summed E-state index contributed by atoms with van der Waals surface area (Å²) in [6.45, 7) is 2.09. The number of rotatable bonds is 6. The zero-order valence-corrected chi connectivity index (χ0v) is 11.4. The van der Waals surface area contributed by atoms with Gasteiger partial charge in [0.15, 0.2) is 0 Å². The van der Waals surface area contributed by atoms with Gasteiger partial charge in [-0.1, -0.05) is 16.4 Å². The lowest BCUT2D eigenvalue weighted by Gasteiger charge is -2.17. The van der Waals surface area contributed by atoms with E-state index in [4.69, 9.17) is 4.74 Å². The fourth-order valence-corrected chi connectivity index (χ4v) is 1.76. The molecule has 7 heteroatoms. The lowest BCUT2D eigenvalue weighted by atomic mass is 10.1. The van der Waals surface area contributed by atoms with Crippen molar-refractivity contribution in [3.8, 4) is 0 Å². The van der Waals surface area contributed by atoms with Crippen LogP contribution < -0.4 is 5.32 Å². The summed E-state index contributed by atoms with van der Waals surface area (Å²) in [7, 11) is 1.58. The highest BCUT2D eigenvalue weighted by Gasteiger charge is 2.17. The van der Waals surface area contributed by atoms with Gasteiger partial charge in [-0.2, -0.15) is 0 Å². The Hall–Kier alpha value is -2.28. The third-order valence-corrected chi connectivity index (χ3v) is 2.79. The van der Waals surface area contributed by atoms with Crippen LogP contribution in [0.2, 0.25) is 0 Å². The third-order valence-electron chi connectivity index (χ3n) is 2.79. The molecule has 2 rings (SSSR count). The fraction of sp³-hybridized carbons (Fsp3) is 0.385. The van der Waals surface area contributed by atoms with Crippen LogP contribution in [-0.2, 0) is 16.0 Å². The van der Waals surface area contributed by atoms with Gasteiger partial charge in [0.25, 0.3) is 0 Å². The van der Waals surface area contributed by atoms with Crippen molar-refractivity contribution in [2.75, 3.05) is 13.7 Å². The van der Waals surface area contributed by atoms with Gasteiger partial charge in [-0.25, -0.2) is 4.63 Å². The first-order valence-electron chi connectivity index (χ1n) is 6.18. The molecule has 0 aliphatic heterocycles. The fourth-order valence-electron chi connectivity index (χ4n) is 1.76. The number of hydrogen-bond acceptors (Lipinski definition) is 6. The quantitative estimate of drug-likeness (QED) is 0.840. The van der Waals surface area contributed by atoms with Gasteiger partial charge in [0.05, 0.1) is 24.8 Å². The SMILES string of the molecule is COCC(NC(=O)Cc1nonc1C)c1ccccn1. The first-order chi connectivity index (χ1) is 9.70. The molecule has 0 aromatic carbocycles. The zero-order chi connectivity index (χ0) is 14.4. The average Bonchev–Trinajstić information content (AvgIpc) is 2.85. The number of nitrogens with one attached hydrogen (secondary N) is 1. The average molecular weight is 276 g/mol. The first-order valence-corrected chi connectivity index (χ1v) is 6.18. The highest BCUT2D eigenvalue weighted by molar-refractivity contribution is 5.78. The number of methoxy groups -OCH3 is 1. The van der Waals surface area contributed by atoms with Gasteiger partial charge in [-0.3, -0.25) is 9.78 Å². The van der Waals surface area contributed by atoms with Crippen molar-refractivity contribution < 1.29 is 14.2 Å². The molecule has 1 amide bonds. The Bertz CT molecular complexity index is 556. The van der Waals surface area contributed by atoms with Crippen molar-refractivity contribution in [1.29, 1.82) is 0 Å². The Morgan fingerprint density at radius 2 is 2.30 bits per heavy atom. The lowest BCUT2D eigenvalue weighted by Crippen LogP contribution is -2.33. The van der Waals surface area contributed by atoms with Crippen LogP contribution in [0, 0.1) is 6.92 Å². The molecule has 0 aliphatic rings. The predicted molar refractivity (Wildman–Crippen MR) is 69.7 cm³/mol. The van der Waals surface area contributed by atoms with Crippen LogP contribution >= 0.6 is 0 Å². The topological polar surface area (TPSA) is 90.1 Å². The van der Waals surface area contributed by atoms with E-state index in [9.17, 15) is 4.79 Å². The molecule has 106 valence electrons. The molecule has 1 N–H and O–H groups in total. The molecular formula is C13H16N4O3. The van der Waals surface area contributed by atoms with E-state index in [1.54, 1.807) is 20.2 Å². The Morgan fingerprint density at radius 3 is 2.90 bits per heavy atom. The Labute approximate surface area is 116 Å². The van der Waals surface area contributed by atoms with Gasteiger partial charge in [0.2, 0.25) is 5.91 Å². The second-order valence-corrected chi connectivity index (χ2v) is 4.30. The second kappa shape index (κ2) is 6.76. The van der Waals surface area contributed by atoms with E-state index in [1.165, 1.54) is 0 Å². The molecule has 0 saturated carbocycles. The van der Waals surface area contributed by atoms with Crippen molar-refractivity contribution in [1.82, 2.24) is 20.6 Å². The molecule has 0 aliphatic carbocycles. The van der Waals surface area contributed by atoms with Crippen molar-refractivity contribution in [3.05, 3.63) is 41.5 Å². The third kappa shape index (κ3) is 3.61. The number of aryl methyl sites for hydroxylation is 1. The molecule has 2 aromatic rings. The van der Waals surface area contributed by atoms with Gasteiger partial charge in [-0.15, -0.1) is 0 Å². The molecule has 2 aromatic heterocycles. The van der Waals surface area contributed by atoms with Crippen LogP contribution in [0.25, 0.3) is 0 Å². The van der Waals surface area contributed by atoms with Crippen LogP contribution in [0.3, 0.4) is 0 Å². The smallest absolute Gasteiger partial charge is 0.226 e. The van der Waals surface area contributed by atoms with Crippen molar-refractivity contribution in [2.45, 2.75) is 19.4 Å². The van der Waals surface area contributed by atoms with Crippen molar-refractivity contribution in [2.24, 2.45) is 0 Å². The lowest BCUT2D eigenvalue weighted by molar-refractivity contribution is -0.121. The van der Waals surface area contributed by atoms with E-state index in [2.05, 4.69) is 25.2 Å². The van der Waals surface area contributed by atoms with Crippen LogP contribution in [0.1, 0.15) is 23.1 Å². The van der Waals surface area contributed by atoms with E-state index in [1.807, 2.05) is 18.2 Å². The molecule has 0 fully saturated rings. The monoisotopic (exact) mass is 276 g/mol. The Morgan fingerprint density at radius 1 is 1.45 bits per heavy atom. The molecule has 2 heterocycles. The summed E-state index contributed by atoms with van der Waals surface area (Å²) < 4.78 is 9.68. The number of carbonyl (C=O) groups excluding carboxylic acids is 1. The number of aromatic nitrogens is 3. The van der Waals surface area contributed by atoms with Gasteiger partial charge >= 0.3 is 0 Å². The zero-order valence-electron chi connectivity index (χ0n) is 11.4. The molecule has 0 saturated heterocycles. The summed E-state index contributed by atoms with van der Waals surface area (Å²) in [5, 5.41) is 10.2. The van der Waals surface area contributed by atoms with E-state index in [0.717, 1.165) is 5.69 Å². The molecule has 0 spiro atoms. The number of ether oxygens (including phenoxy) is 1. The maximum Gasteiger partial charge on any atom is 0.226 e. The van der Waals surface area contributed by atoms with E-state index in [-0.39, 0.29) is 18.4 Å². The number of nitrogens with zero attached hydrogens (tertiary/aromatic N) is 3. The van der Waals surface area contributed by atoms with Gasteiger partial charge in [0, 0.05) is 13.3 Å². The van der Waals surface area contributed by atoms with Crippen molar-refractivity contribution in [3.63, 3.8) is 0 Å². The van der Waals surface area contributed by atoms with Crippen LogP contribution in [0.5, 0.6) is 0 Å². The highest BCUT2D eigenvalue weighted by atomic mass is 16.6. The molecule has 1 unspecified atom stereocenters. The number of pyridine rings is 1. The summed E-state index contributed by atoms with van der Waals surface area (Å²) in [6, 6.07) is 5.23. The minimum atomic E-state index is -0.297. The summed E-state index contributed by atoms with van der Waals surface area (Å²) in [6.07, 6.45) is 1.79. The second-order valence-electron chi connectivity index (χ2n) is 4.30. The van der Waals surface area contributed by atoms with Crippen LogP contribution in [0.4, 0.5) is 0 Å². The summed E-state index contributed by atoms with van der Waals surface area (Å²) in [5.41, 5.74) is 1.89. The standard InChI is InChI=1S/C13H16N4O3/c1-9-11(17-20-16-9)7-13(18)15-12(8-19-2)10-5-3-4-6-14-10/h3-6,12H,7-8H2,1-2H3,(H,15,18). The summed E-state index contributed by atoms with van der Waals surface area (Å²) in [5.74, 6) is -0.184. The van der Waals surface area contributed by atoms with Crippen molar-refractivity contribution >= 4 is 5.91 Å². The number of hydrogen-bond donors (Lipinski definition) is 1. The Kier molecular flexibility index (Phi) is 4.78. The van der Waals surface area contributed by atoms with Crippen LogP contribution in [-0.4, -0.2) is 34.9 Å². The highest BCUT2D eigenvalue weighted by Crippen LogP contribution is 2.10. The minimum absolute atomic E-state index is 0.113. The molecular weight excluding hydrogens is 260 g/mol. The predicted octanol–water partition coefficient (Wildman–Crippen LogP) is 0.819. The maximum atomic E-state index is 12.0. The molecule has 0 radical (unpaired) electrons. The molecule has 0 bridgehead atoms. The van der Waals surface area contributed by atoms with Gasteiger partial charge in [0.1, 0.15) is 11.4 Å². The molecule has 1 atom stereocenters. The summed E-state index contributed by atoms with van der Waals surface area (Å²) >= 11 is 0. The van der Waals surface area contributed by atoms with E-state index < -0.39 is 0 Å². The summed E-state index contributed by atoms with van der Waals surface area (Å²) in [4.78, 5) is 16.2. The minimum Gasteiger partial charge on any atom is -0.382 e. The van der Waals surface area contributed by atoms with Crippen LogP contribution in [0.15, 0.2) is 29.0 Å². The molecule has 7 nitrogen and oxygen atoms in total. The largest absolute Gasteiger partial charge is 0.382 e.